The van der Waals surface area contributed by atoms with Gasteiger partial charge in [-0.1, -0.05) is 68.4 Å². The summed E-state index contributed by atoms with van der Waals surface area (Å²) in [4.78, 5) is 37.3. The number of amides is 3. The third-order valence-electron chi connectivity index (χ3n) is 12.4. The first-order valence-electron chi connectivity index (χ1n) is 22.4. The van der Waals surface area contributed by atoms with Crippen molar-refractivity contribution in [2.45, 2.75) is 80.3 Å². The molecule has 8 rings (SSSR count). The van der Waals surface area contributed by atoms with Gasteiger partial charge in [0.1, 0.15) is 5.75 Å². The number of aliphatic hydroxyl groups excluding tert-OH is 2. The van der Waals surface area contributed by atoms with Gasteiger partial charge >= 0.3 is 6.03 Å². The molecule has 15 heteroatoms. The highest BCUT2D eigenvalue weighted by atomic mass is 32.2. The van der Waals surface area contributed by atoms with Gasteiger partial charge in [0.2, 0.25) is 0 Å². The third-order valence-corrected chi connectivity index (χ3v) is 16.0. The number of methoxy groups -OCH3 is 1. The van der Waals surface area contributed by atoms with Crippen LogP contribution < -0.4 is 20.7 Å². The number of ether oxygens (including phenoxy) is 1. The number of rotatable bonds is 14. The van der Waals surface area contributed by atoms with Gasteiger partial charge in [-0.2, -0.15) is 0 Å². The SMILES string of the molecule is CCc1ccc(S(=O)(=O)CC2c3cc(NC(=O)Nc4cccc(C(C)=O)c4)ccc3CC2O)cc1.CCc1ccc(S(=O)(=O)CC2c3cc(NC(=O)c4cccc(OC)c4)ccc3CC2O)cc1. The van der Waals surface area contributed by atoms with Crippen LogP contribution in [-0.2, 0) is 45.4 Å². The van der Waals surface area contributed by atoms with E-state index in [1.54, 1.807) is 115 Å². The summed E-state index contributed by atoms with van der Waals surface area (Å²) in [6.45, 7) is 5.47. The zero-order valence-electron chi connectivity index (χ0n) is 38.2. The molecule has 68 heavy (non-hydrogen) atoms. The maximum absolute atomic E-state index is 13.1. The minimum atomic E-state index is -3.62. The molecule has 0 fully saturated rings. The number of ketones is 1. The van der Waals surface area contributed by atoms with Crippen molar-refractivity contribution >= 4 is 54.5 Å². The normalized spacial score (nSPS) is 17.2. The monoisotopic (exact) mass is 957 g/mol. The summed E-state index contributed by atoms with van der Waals surface area (Å²) in [6, 6.07) is 37.3. The van der Waals surface area contributed by atoms with Crippen molar-refractivity contribution in [3.63, 3.8) is 0 Å². The van der Waals surface area contributed by atoms with Crippen LogP contribution in [0.2, 0.25) is 0 Å². The van der Waals surface area contributed by atoms with E-state index in [4.69, 9.17) is 4.74 Å². The number of urea groups is 1. The van der Waals surface area contributed by atoms with E-state index in [0.29, 0.717) is 52.3 Å². The topological polar surface area (TPSA) is 205 Å². The zero-order valence-corrected chi connectivity index (χ0v) is 39.9. The predicted molar refractivity (Wildman–Crippen MR) is 264 cm³/mol. The highest BCUT2D eigenvalue weighted by molar-refractivity contribution is 7.91. The summed E-state index contributed by atoms with van der Waals surface area (Å²) >= 11 is 0. The molecule has 3 amide bonds. The summed E-state index contributed by atoms with van der Waals surface area (Å²) in [5, 5.41) is 29.6. The van der Waals surface area contributed by atoms with Crippen LogP contribution in [0.25, 0.3) is 0 Å². The summed E-state index contributed by atoms with van der Waals surface area (Å²) in [5.74, 6) is -1.40. The maximum atomic E-state index is 13.1. The largest absolute Gasteiger partial charge is 0.497 e. The van der Waals surface area contributed by atoms with E-state index in [1.165, 1.54) is 14.0 Å². The number of sulfone groups is 2. The van der Waals surface area contributed by atoms with Gasteiger partial charge in [-0.25, -0.2) is 21.6 Å². The number of hydrogen-bond donors (Lipinski definition) is 5. The van der Waals surface area contributed by atoms with E-state index in [0.717, 1.165) is 40.7 Å². The Bertz CT molecular complexity index is 3050. The van der Waals surface area contributed by atoms with Crippen LogP contribution in [0.3, 0.4) is 0 Å². The first-order valence-corrected chi connectivity index (χ1v) is 25.7. The van der Waals surface area contributed by atoms with Crippen molar-refractivity contribution in [3.8, 4) is 5.75 Å². The van der Waals surface area contributed by atoms with Gasteiger partial charge in [0, 0.05) is 40.0 Å². The van der Waals surface area contributed by atoms with Crippen LogP contribution in [0.5, 0.6) is 5.75 Å². The van der Waals surface area contributed by atoms with Gasteiger partial charge in [0.05, 0.1) is 40.6 Å². The summed E-state index contributed by atoms with van der Waals surface area (Å²) in [6.07, 6.45) is 0.769. The lowest BCUT2D eigenvalue weighted by atomic mass is 10.0. The van der Waals surface area contributed by atoms with Crippen molar-refractivity contribution in [2.24, 2.45) is 0 Å². The molecular formula is C53H55N3O10S2. The van der Waals surface area contributed by atoms with Crippen LogP contribution >= 0.6 is 0 Å². The molecule has 0 aromatic heterocycles. The summed E-state index contributed by atoms with van der Waals surface area (Å²) < 4.78 is 57.4. The Morgan fingerprint density at radius 2 is 1.03 bits per heavy atom. The number of carbonyl (C=O) groups is 3. The fourth-order valence-electron chi connectivity index (χ4n) is 8.57. The molecule has 0 radical (unpaired) electrons. The van der Waals surface area contributed by atoms with Crippen LogP contribution in [-0.4, -0.2) is 75.6 Å². The smallest absolute Gasteiger partial charge is 0.323 e. The second-order valence-corrected chi connectivity index (χ2v) is 21.1. The van der Waals surface area contributed by atoms with E-state index < -0.39 is 49.7 Å². The molecule has 0 heterocycles. The molecule has 4 atom stereocenters. The van der Waals surface area contributed by atoms with Gasteiger partial charge in [0.25, 0.3) is 5.91 Å². The number of fused-ring (bicyclic) bond motifs is 2. The molecule has 0 saturated carbocycles. The molecule has 0 aliphatic heterocycles. The van der Waals surface area contributed by atoms with Gasteiger partial charge in [-0.05, 0) is 145 Å². The Balaban J connectivity index is 0.000000202. The number of aliphatic hydroxyl groups is 2. The minimum Gasteiger partial charge on any atom is -0.497 e. The van der Waals surface area contributed by atoms with Crippen molar-refractivity contribution in [1.82, 2.24) is 0 Å². The predicted octanol–water partition coefficient (Wildman–Crippen LogP) is 8.55. The molecule has 6 aromatic carbocycles. The van der Waals surface area contributed by atoms with Crippen molar-refractivity contribution in [2.75, 3.05) is 34.6 Å². The van der Waals surface area contributed by atoms with Gasteiger partial charge in [-0.3, -0.25) is 9.59 Å². The molecule has 354 valence electrons. The van der Waals surface area contributed by atoms with Crippen LogP contribution in [0.15, 0.2) is 143 Å². The first kappa shape index (κ1) is 49.3. The average molecular weight is 958 g/mol. The second kappa shape index (κ2) is 21.1. The minimum absolute atomic E-state index is 0.103. The van der Waals surface area contributed by atoms with E-state index in [9.17, 15) is 41.4 Å². The molecule has 4 unspecified atom stereocenters. The third kappa shape index (κ3) is 11.7. The molecule has 0 saturated heterocycles. The molecule has 13 nitrogen and oxygen atoms in total. The molecule has 0 spiro atoms. The second-order valence-electron chi connectivity index (χ2n) is 17.0. The van der Waals surface area contributed by atoms with Crippen LogP contribution in [0, 0.1) is 0 Å². The lowest BCUT2D eigenvalue weighted by Gasteiger charge is -2.17. The lowest BCUT2D eigenvalue weighted by molar-refractivity contribution is 0.101. The molecule has 2 aliphatic rings. The van der Waals surface area contributed by atoms with E-state index in [2.05, 4.69) is 16.0 Å². The number of hydrogen-bond acceptors (Lipinski definition) is 10. The summed E-state index contributed by atoms with van der Waals surface area (Å²) in [7, 11) is -5.67. The van der Waals surface area contributed by atoms with Crippen molar-refractivity contribution in [3.05, 3.63) is 178 Å². The fourth-order valence-corrected chi connectivity index (χ4v) is 11.8. The Morgan fingerprint density at radius 1 is 0.574 bits per heavy atom. The maximum Gasteiger partial charge on any atom is 0.323 e. The molecule has 6 aromatic rings. The summed E-state index contributed by atoms with van der Waals surface area (Å²) in [5.41, 5.74) is 7.77. The van der Waals surface area contributed by atoms with Gasteiger partial charge in [-0.15, -0.1) is 0 Å². The highest BCUT2D eigenvalue weighted by Gasteiger charge is 2.37. The number of carbonyl (C=O) groups excluding carboxylic acids is 3. The van der Waals surface area contributed by atoms with Crippen LogP contribution in [0.4, 0.5) is 21.9 Å². The van der Waals surface area contributed by atoms with Gasteiger partial charge < -0.3 is 30.9 Å². The number of aryl methyl sites for hydroxylation is 2. The van der Waals surface area contributed by atoms with Crippen LogP contribution in [0.1, 0.15) is 86.7 Å². The van der Waals surface area contributed by atoms with E-state index in [-0.39, 0.29) is 33.0 Å². The van der Waals surface area contributed by atoms with E-state index >= 15 is 0 Å². The Hall–Kier alpha value is -6.65. The Labute approximate surface area is 397 Å². The fraction of sp³-hybridized carbons (Fsp3) is 0.264. The number of nitrogens with one attached hydrogen (secondary N) is 3. The molecule has 2 aliphatic carbocycles. The lowest BCUT2D eigenvalue weighted by Crippen LogP contribution is -2.23. The standard InChI is InChI=1S/C27H28N2O5S.C26H27NO5S/c1-3-18-7-11-23(12-8-18)35(33,34)16-25-24-15-22(10-9-20(24)14-26(25)31)29-27(32)28-21-6-4-5-19(13-21)17(2)30;1-3-17-7-11-22(12-8-17)33(30,31)16-24-23-15-20(10-9-18(23)14-25(24)28)27-26(29)19-5-4-6-21(13-19)32-2/h4-13,15,25-26,31H,3,14,16H2,1-2H3,(H2,28,29,32);4-13,15,24-25,28H,3,14,16H2,1-2H3,(H,27,29). The quantitative estimate of drug-likeness (QED) is 0.0658. The highest BCUT2D eigenvalue weighted by Crippen LogP contribution is 2.39. The van der Waals surface area contributed by atoms with E-state index in [1.807, 2.05) is 32.0 Å². The van der Waals surface area contributed by atoms with Crippen molar-refractivity contribution in [1.29, 1.82) is 0 Å². The first-order chi connectivity index (χ1) is 32.5. The Kier molecular flexibility index (Phi) is 15.3. The Morgan fingerprint density at radius 3 is 1.50 bits per heavy atom. The number of benzene rings is 6. The van der Waals surface area contributed by atoms with Gasteiger partial charge in [0.15, 0.2) is 25.5 Å². The van der Waals surface area contributed by atoms with Crippen molar-refractivity contribution < 1.29 is 46.2 Å². The number of anilines is 3. The average Bonchev–Trinajstić information content (AvgIpc) is 3.80. The molecule has 0 bridgehead atoms. The zero-order chi connectivity index (χ0) is 48.8. The number of Topliss-reactive ketones (excluding diaryl/α,β-unsaturated/α-hetero) is 1. The molecular weight excluding hydrogens is 903 g/mol. The molecule has 5 N–H and O–H groups in total.